The van der Waals surface area contributed by atoms with Crippen molar-refractivity contribution in [3.05, 3.63) is 35.7 Å². The van der Waals surface area contributed by atoms with Crippen LogP contribution in [0.25, 0.3) is 0 Å². The fraction of sp³-hybridized carbons (Fsp3) is 0.200. The van der Waals surface area contributed by atoms with Gasteiger partial charge in [0.2, 0.25) is 10.0 Å². The van der Waals surface area contributed by atoms with Gasteiger partial charge in [0, 0.05) is 0 Å². The van der Waals surface area contributed by atoms with Gasteiger partial charge in [0.1, 0.15) is 0 Å². The molecular weight excluding hydrogens is 268 g/mol. The molecule has 0 spiro atoms. The maximum Gasteiger partial charge on any atom is 0.240 e. The Bertz CT molecular complexity index is 672. The molecule has 98 valence electrons. The lowest BCUT2D eigenvalue weighted by atomic mass is 10.2. The number of benzene rings is 1. The zero-order valence-electron chi connectivity index (χ0n) is 9.74. The fourth-order valence-electron chi connectivity index (χ4n) is 1.38. The van der Waals surface area contributed by atoms with Crippen LogP contribution in [0, 0.1) is 11.3 Å². The van der Waals surface area contributed by atoms with Gasteiger partial charge in [-0.1, -0.05) is 17.3 Å². The number of hydrogen-bond acceptors (Lipinski definition) is 6. The van der Waals surface area contributed by atoms with E-state index < -0.39 is 10.0 Å². The topological polar surface area (TPSA) is 124 Å². The minimum Gasteiger partial charge on any atom is -0.207 e. The molecule has 0 radical (unpaired) electrons. The van der Waals surface area contributed by atoms with Crippen molar-refractivity contribution in [3.63, 3.8) is 0 Å². The zero-order valence-corrected chi connectivity index (χ0v) is 10.6. The third-order valence-electron chi connectivity index (χ3n) is 2.33. The summed E-state index contributed by atoms with van der Waals surface area (Å²) >= 11 is 0. The molecule has 9 heteroatoms. The quantitative estimate of drug-likeness (QED) is 0.776. The summed E-state index contributed by atoms with van der Waals surface area (Å²) in [6, 6.07) is 8.10. The molecule has 2 N–H and O–H groups in total. The van der Waals surface area contributed by atoms with Crippen LogP contribution in [0.1, 0.15) is 11.4 Å². The molecule has 1 aromatic heterocycles. The highest BCUT2D eigenvalue weighted by atomic mass is 32.2. The Morgan fingerprint density at radius 2 is 2.05 bits per heavy atom. The van der Waals surface area contributed by atoms with Gasteiger partial charge in [0.15, 0.2) is 5.82 Å². The van der Waals surface area contributed by atoms with Gasteiger partial charge in [-0.2, -0.15) is 10.5 Å². The molecule has 0 atom stereocenters. The number of H-pyrrole nitrogens is 1. The number of nitrogens with one attached hydrogen (secondary N) is 2. The highest BCUT2D eigenvalue weighted by Gasteiger charge is 2.14. The Morgan fingerprint density at radius 3 is 2.63 bits per heavy atom. The van der Waals surface area contributed by atoms with Crippen molar-refractivity contribution < 1.29 is 8.42 Å². The number of nitrogens with zero attached hydrogens (tertiary/aromatic N) is 4. The summed E-state index contributed by atoms with van der Waals surface area (Å²) in [4.78, 5) is 0.123. The van der Waals surface area contributed by atoms with Crippen molar-refractivity contribution in [3.8, 4) is 6.07 Å². The van der Waals surface area contributed by atoms with E-state index in [0.29, 0.717) is 0 Å². The van der Waals surface area contributed by atoms with Gasteiger partial charge in [-0.25, -0.2) is 13.1 Å². The van der Waals surface area contributed by atoms with Crippen LogP contribution in [-0.4, -0.2) is 29.0 Å². The second-order valence-electron chi connectivity index (χ2n) is 3.63. The molecule has 1 heterocycles. The van der Waals surface area contributed by atoms with E-state index in [0.717, 1.165) is 5.56 Å². The molecule has 1 aromatic carbocycles. The molecule has 0 aliphatic rings. The van der Waals surface area contributed by atoms with E-state index in [1.165, 1.54) is 12.1 Å². The molecule has 8 nitrogen and oxygen atoms in total. The van der Waals surface area contributed by atoms with E-state index in [-0.39, 0.29) is 23.7 Å². The first-order valence-corrected chi connectivity index (χ1v) is 6.78. The van der Waals surface area contributed by atoms with Crippen LogP contribution in [0.4, 0.5) is 0 Å². The summed E-state index contributed by atoms with van der Waals surface area (Å²) in [6.45, 7) is -0.0429. The average Bonchev–Trinajstić information content (AvgIpc) is 2.91. The van der Waals surface area contributed by atoms with Gasteiger partial charge in [0.25, 0.3) is 0 Å². The van der Waals surface area contributed by atoms with E-state index >= 15 is 0 Å². The van der Waals surface area contributed by atoms with E-state index in [1.54, 1.807) is 12.1 Å². The minimum absolute atomic E-state index is 0.0429. The lowest BCUT2D eigenvalue weighted by molar-refractivity contribution is 0.579. The number of hydrogen-bond donors (Lipinski definition) is 2. The first kappa shape index (κ1) is 13.1. The Labute approximate surface area is 109 Å². The van der Waals surface area contributed by atoms with Crippen molar-refractivity contribution >= 4 is 10.0 Å². The molecular formula is C10H10N6O2S. The largest absolute Gasteiger partial charge is 0.240 e. The molecule has 0 saturated carbocycles. The molecule has 0 saturated heterocycles. The first-order chi connectivity index (χ1) is 9.12. The van der Waals surface area contributed by atoms with E-state index in [1.807, 2.05) is 6.07 Å². The molecule has 19 heavy (non-hydrogen) atoms. The van der Waals surface area contributed by atoms with Crippen LogP contribution < -0.4 is 4.72 Å². The van der Waals surface area contributed by atoms with Gasteiger partial charge in [-0.05, 0) is 17.7 Å². The second-order valence-corrected chi connectivity index (χ2v) is 5.40. The second kappa shape index (κ2) is 5.55. The summed E-state index contributed by atoms with van der Waals surface area (Å²) in [7, 11) is -3.62. The van der Waals surface area contributed by atoms with Crippen LogP contribution in [0.3, 0.4) is 0 Å². The average molecular weight is 278 g/mol. The SMILES string of the molecule is N#CCc1ccc(S(=O)(=O)NCc2nn[nH]n2)cc1. The minimum atomic E-state index is -3.62. The Hall–Kier alpha value is -2.31. The number of rotatable bonds is 5. The summed E-state index contributed by atoms with van der Waals surface area (Å²) in [6.07, 6.45) is 0.247. The maximum absolute atomic E-state index is 11.9. The van der Waals surface area contributed by atoms with Gasteiger partial charge in [-0.15, -0.1) is 10.2 Å². The molecule has 2 aromatic rings. The Morgan fingerprint density at radius 1 is 1.32 bits per heavy atom. The summed E-state index contributed by atoms with van der Waals surface area (Å²) < 4.78 is 26.2. The smallest absolute Gasteiger partial charge is 0.207 e. The fourth-order valence-corrected chi connectivity index (χ4v) is 2.36. The predicted octanol–water partition coefficient (Wildman–Crippen LogP) is -0.256. The van der Waals surface area contributed by atoms with E-state index in [9.17, 15) is 8.42 Å². The molecule has 2 rings (SSSR count). The molecule has 0 unspecified atom stereocenters. The lowest BCUT2D eigenvalue weighted by Gasteiger charge is -2.05. The zero-order chi connectivity index (χ0) is 13.7. The van der Waals surface area contributed by atoms with Crippen LogP contribution in [-0.2, 0) is 23.0 Å². The number of sulfonamides is 1. The van der Waals surface area contributed by atoms with E-state index in [4.69, 9.17) is 5.26 Å². The molecule has 0 aliphatic heterocycles. The van der Waals surface area contributed by atoms with Gasteiger partial charge in [0.05, 0.1) is 23.9 Å². The van der Waals surface area contributed by atoms with Crippen molar-refractivity contribution in [1.29, 1.82) is 5.26 Å². The Balaban J connectivity index is 2.09. The van der Waals surface area contributed by atoms with Crippen molar-refractivity contribution in [2.75, 3.05) is 0 Å². The summed E-state index contributed by atoms with van der Waals surface area (Å²) in [5.41, 5.74) is 0.764. The van der Waals surface area contributed by atoms with Crippen molar-refractivity contribution in [1.82, 2.24) is 25.3 Å². The monoisotopic (exact) mass is 278 g/mol. The normalized spacial score (nSPS) is 11.1. The van der Waals surface area contributed by atoms with Gasteiger partial charge >= 0.3 is 0 Å². The third kappa shape index (κ3) is 3.34. The molecule has 0 aliphatic carbocycles. The maximum atomic E-state index is 11.9. The lowest BCUT2D eigenvalue weighted by Crippen LogP contribution is -2.23. The number of aromatic amines is 1. The first-order valence-electron chi connectivity index (χ1n) is 5.30. The van der Waals surface area contributed by atoms with E-state index in [2.05, 4.69) is 25.3 Å². The molecule has 0 fully saturated rings. The van der Waals surface area contributed by atoms with Crippen molar-refractivity contribution in [2.24, 2.45) is 0 Å². The van der Waals surface area contributed by atoms with Crippen molar-refractivity contribution in [2.45, 2.75) is 17.9 Å². The number of aromatic nitrogens is 4. The number of nitriles is 1. The van der Waals surface area contributed by atoms with Crippen LogP contribution in [0.15, 0.2) is 29.2 Å². The third-order valence-corrected chi connectivity index (χ3v) is 3.74. The predicted molar refractivity (Wildman–Crippen MR) is 64.0 cm³/mol. The standard InChI is InChI=1S/C10H10N6O2S/c11-6-5-8-1-3-9(4-2-8)19(17,18)12-7-10-13-15-16-14-10/h1-4,12H,5,7H2,(H,13,14,15,16). The van der Waals surface area contributed by atoms with Crippen LogP contribution in [0.2, 0.25) is 0 Å². The van der Waals surface area contributed by atoms with Gasteiger partial charge < -0.3 is 0 Å². The highest BCUT2D eigenvalue weighted by molar-refractivity contribution is 7.89. The van der Waals surface area contributed by atoms with Crippen LogP contribution in [0.5, 0.6) is 0 Å². The molecule has 0 bridgehead atoms. The highest BCUT2D eigenvalue weighted by Crippen LogP contribution is 2.11. The number of tetrazole rings is 1. The van der Waals surface area contributed by atoms with Gasteiger partial charge in [-0.3, -0.25) is 0 Å². The Kier molecular flexibility index (Phi) is 3.84. The van der Waals surface area contributed by atoms with Crippen LogP contribution >= 0.6 is 0 Å². The summed E-state index contributed by atoms with van der Waals surface area (Å²) in [5, 5.41) is 21.4. The molecule has 0 amide bonds. The summed E-state index contributed by atoms with van der Waals surface area (Å²) in [5.74, 6) is 0.254.